The molecule has 2 saturated heterocycles. The zero-order valence-electron chi connectivity index (χ0n) is 13.4. The maximum Gasteiger partial charge on any atom is 0.332 e. The second-order valence-electron chi connectivity index (χ2n) is 6.46. The molecule has 1 aromatic rings. The van der Waals surface area contributed by atoms with E-state index in [2.05, 4.69) is 4.98 Å². The molecule has 126 valence electrons. The van der Waals surface area contributed by atoms with Crippen molar-refractivity contribution in [2.75, 3.05) is 13.1 Å². The smallest absolute Gasteiger partial charge is 0.332 e. The van der Waals surface area contributed by atoms with Gasteiger partial charge in [0, 0.05) is 25.0 Å². The standard InChI is InChI=1S/C16H23N3O4/c1-11-8-17-10-19(11)9-15(20)18-6-4-12(5-7-18)13-2-3-14(23-13)16(21)22/h8,10,12-14H,2-7,9H2,1H3,(H,21,22)/t13-,14+/m0/s1. The molecule has 2 atom stereocenters. The van der Waals surface area contributed by atoms with E-state index in [4.69, 9.17) is 9.84 Å². The second-order valence-corrected chi connectivity index (χ2v) is 6.46. The Kier molecular flexibility index (Phi) is 4.66. The molecule has 3 rings (SSSR count). The highest BCUT2D eigenvalue weighted by Crippen LogP contribution is 2.32. The Morgan fingerprint density at radius 2 is 2.04 bits per heavy atom. The summed E-state index contributed by atoms with van der Waals surface area (Å²) in [5.41, 5.74) is 0.979. The topological polar surface area (TPSA) is 84.7 Å². The van der Waals surface area contributed by atoms with Crippen LogP contribution in [0.3, 0.4) is 0 Å². The number of nitrogens with zero attached hydrogens (tertiary/aromatic N) is 3. The molecule has 0 spiro atoms. The number of carbonyl (C=O) groups excluding carboxylic acids is 1. The number of likely N-dealkylation sites (tertiary alicyclic amines) is 1. The maximum absolute atomic E-state index is 12.4. The summed E-state index contributed by atoms with van der Waals surface area (Å²) >= 11 is 0. The molecule has 3 heterocycles. The Labute approximate surface area is 135 Å². The number of carboxylic acids is 1. The summed E-state index contributed by atoms with van der Waals surface area (Å²) in [4.78, 5) is 29.2. The van der Waals surface area contributed by atoms with E-state index in [1.807, 2.05) is 16.4 Å². The van der Waals surface area contributed by atoms with Crippen LogP contribution >= 0.6 is 0 Å². The number of piperidine rings is 1. The number of imidazole rings is 1. The molecule has 2 fully saturated rings. The number of ether oxygens (including phenoxy) is 1. The third kappa shape index (κ3) is 3.55. The summed E-state index contributed by atoms with van der Waals surface area (Å²) in [5.74, 6) is -0.394. The molecule has 7 heteroatoms. The predicted molar refractivity (Wildman–Crippen MR) is 81.8 cm³/mol. The van der Waals surface area contributed by atoms with E-state index in [1.165, 1.54) is 0 Å². The first kappa shape index (κ1) is 16.0. The molecule has 1 amide bonds. The summed E-state index contributed by atoms with van der Waals surface area (Å²) < 4.78 is 7.50. The van der Waals surface area contributed by atoms with E-state index >= 15 is 0 Å². The number of amides is 1. The van der Waals surface area contributed by atoms with Crippen molar-refractivity contribution in [2.45, 2.75) is 51.4 Å². The number of hydrogen-bond donors (Lipinski definition) is 1. The van der Waals surface area contributed by atoms with E-state index < -0.39 is 12.1 Å². The number of rotatable bonds is 4. The third-order valence-electron chi connectivity index (χ3n) is 4.97. The quantitative estimate of drug-likeness (QED) is 0.896. The molecule has 2 aliphatic rings. The summed E-state index contributed by atoms with van der Waals surface area (Å²) in [6.07, 6.45) is 5.97. The van der Waals surface area contributed by atoms with Gasteiger partial charge in [0.25, 0.3) is 0 Å². The molecule has 0 bridgehead atoms. The number of hydrogen-bond acceptors (Lipinski definition) is 4. The minimum absolute atomic E-state index is 0.0317. The fourth-order valence-electron chi connectivity index (χ4n) is 3.51. The predicted octanol–water partition coefficient (Wildman–Crippen LogP) is 1.06. The maximum atomic E-state index is 12.4. The van der Waals surface area contributed by atoms with E-state index in [0.717, 1.165) is 38.0 Å². The Morgan fingerprint density at radius 1 is 1.30 bits per heavy atom. The van der Waals surface area contributed by atoms with Gasteiger partial charge in [-0.3, -0.25) is 4.79 Å². The lowest BCUT2D eigenvalue weighted by molar-refractivity contribution is -0.151. The van der Waals surface area contributed by atoms with Gasteiger partial charge in [-0.15, -0.1) is 0 Å². The Morgan fingerprint density at radius 3 is 2.61 bits per heavy atom. The van der Waals surface area contributed by atoms with Crippen LogP contribution in [0.1, 0.15) is 31.4 Å². The first-order valence-electron chi connectivity index (χ1n) is 8.17. The van der Waals surface area contributed by atoms with Gasteiger partial charge in [0.2, 0.25) is 5.91 Å². The molecule has 7 nitrogen and oxygen atoms in total. The van der Waals surface area contributed by atoms with Crippen molar-refractivity contribution in [3.8, 4) is 0 Å². The number of aliphatic carboxylic acids is 1. The van der Waals surface area contributed by atoms with E-state index in [1.54, 1.807) is 12.5 Å². The van der Waals surface area contributed by atoms with Crippen molar-refractivity contribution in [3.05, 3.63) is 18.2 Å². The van der Waals surface area contributed by atoms with Crippen molar-refractivity contribution in [1.82, 2.24) is 14.5 Å². The van der Waals surface area contributed by atoms with Crippen LogP contribution in [0.4, 0.5) is 0 Å². The number of carboxylic acid groups (broad SMARTS) is 1. The van der Waals surface area contributed by atoms with Crippen molar-refractivity contribution < 1.29 is 19.4 Å². The number of aryl methyl sites for hydroxylation is 1. The van der Waals surface area contributed by atoms with Crippen LogP contribution in [0.15, 0.2) is 12.5 Å². The first-order chi connectivity index (χ1) is 11.0. The van der Waals surface area contributed by atoms with Gasteiger partial charge in [0.1, 0.15) is 6.54 Å². The van der Waals surface area contributed by atoms with E-state index in [0.29, 0.717) is 18.9 Å². The fraction of sp³-hybridized carbons (Fsp3) is 0.688. The van der Waals surface area contributed by atoms with Gasteiger partial charge in [-0.25, -0.2) is 9.78 Å². The van der Waals surface area contributed by atoms with Crippen molar-refractivity contribution in [2.24, 2.45) is 5.92 Å². The first-order valence-corrected chi connectivity index (χ1v) is 8.17. The van der Waals surface area contributed by atoms with Crippen molar-refractivity contribution in [3.63, 3.8) is 0 Å². The molecular weight excluding hydrogens is 298 g/mol. The summed E-state index contributed by atoms with van der Waals surface area (Å²) in [7, 11) is 0. The van der Waals surface area contributed by atoms with Crippen LogP contribution in [-0.4, -0.2) is 56.7 Å². The average molecular weight is 321 g/mol. The highest BCUT2D eigenvalue weighted by atomic mass is 16.5. The molecule has 2 aliphatic heterocycles. The molecule has 0 saturated carbocycles. The van der Waals surface area contributed by atoms with Crippen LogP contribution in [0.2, 0.25) is 0 Å². The van der Waals surface area contributed by atoms with Crippen LogP contribution in [-0.2, 0) is 20.9 Å². The summed E-state index contributed by atoms with van der Waals surface area (Å²) in [5, 5.41) is 9.00. The monoisotopic (exact) mass is 321 g/mol. The number of aromatic nitrogens is 2. The summed E-state index contributed by atoms with van der Waals surface area (Å²) in [6.45, 7) is 3.70. The van der Waals surface area contributed by atoms with Gasteiger partial charge < -0.3 is 19.3 Å². The van der Waals surface area contributed by atoms with Crippen LogP contribution < -0.4 is 0 Å². The van der Waals surface area contributed by atoms with Gasteiger partial charge in [-0.2, -0.15) is 0 Å². The molecule has 1 aromatic heterocycles. The second kappa shape index (κ2) is 6.70. The van der Waals surface area contributed by atoms with Crippen LogP contribution in [0, 0.1) is 12.8 Å². The largest absolute Gasteiger partial charge is 0.479 e. The van der Waals surface area contributed by atoms with Crippen molar-refractivity contribution in [1.29, 1.82) is 0 Å². The SMILES string of the molecule is Cc1cncn1CC(=O)N1CCC([C@@H]2CC[C@H](C(=O)O)O2)CC1. The normalized spacial score (nSPS) is 25.7. The minimum atomic E-state index is -0.865. The fourth-order valence-corrected chi connectivity index (χ4v) is 3.51. The van der Waals surface area contributed by atoms with Gasteiger partial charge in [-0.05, 0) is 38.5 Å². The molecule has 0 unspecified atom stereocenters. The lowest BCUT2D eigenvalue weighted by Gasteiger charge is -2.34. The van der Waals surface area contributed by atoms with Crippen LogP contribution in [0.25, 0.3) is 0 Å². The van der Waals surface area contributed by atoms with Gasteiger partial charge in [0.05, 0.1) is 12.4 Å². The molecule has 0 radical (unpaired) electrons. The molecule has 0 aromatic carbocycles. The van der Waals surface area contributed by atoms with Gasteiger partial charge in [0.15, 0.2) is 6.10 Å². The van der Waals surface area contributed by atoms with Crippen molar-refractivity contribution >= 4 is 11.9 Å². The van der Waals surface area contributed by atoms with E-state index in [9.17, 15) is 9.59 Å². The average Bonchev–Trinajstić information content (AvgIpc) is 3.17. The highest BCUT2D eigenvalue weighted by Gasteiger charge is 2.37. The zero-order valence-corrected chi connectivity index (χ0v) is 13.4. The molecule has 23 heavy (non-hydrogen) atoms. The molecule has 1 N–H and O–H groups in total. The zero-order chi connectivity index (χ0) is 16.4. The van der Waals surface area contributed by atoms with Gasteiger partial charge in [-0.1, -0.05) is 0 Å². The lowest BCUT2D eigenvalue weighted by atomic mass is 9.89. The minimum Gasteiger partial charge on any atom is -0.479 e. The van der Waals surface area contributed by atoms with Gasteiger partial charge >= 0.3 is 5.97 Å². The third-order valence-corrected chi connectivity index (χ3v) is 4.97. The van der Waals surface area contributed by atoms with Crippen LogP contribution in [0.5, 0.6) is 0 Å². The summed E-state index contributed by atoms with van der Waals surface area (Å²) in [6, 6.07) is 0. The molecular formula is C16H23N3O4. The molecule has 0 aliphatic carbocycles. The lowest BCUT2D eigenvalue weighted by Crippen LogP contribution is -2.42. The Hall–Kier alpha value is -1.89. The number of carbonyl (C=O) groups is 2. The highest BCUT2D eigenvalue weighted by molar-refractivity contribution is 5.76. The Balaban J connectivity index is 1.48. The van der Waals surface area contributed by atoms with E-state index in [-0.39, 0.29) is 12.0 Å². The Bertz CT molecular complexity index is 578.